The average Bonchev–Trinajstić information content (AvgIpc) is 3.08. The van der Waals surface area contributed by atoms with E-state index >= 15 is 0 Å². The minimum absolute atomic E-state index is 0.155. The normalized spacial score (nSPS) is 18.7. The van der Waals surface area contributed by atoms with Crippen LogP contribution in [0.1, 0.15) is 18.4 Å². The lowest BCUT2D eigenvalue weighted by atomic mass is 10.2. The standard InChI is InChI=1S/C18H26N2O4S/c1-24-15-14-19(12-6-10-16-8-4-3-5-9-16)18(21)17-11-7-13-20(17)25(2,22)23/h3-6,8-10,17H,7,11-15H2,1-2H3/b10-6+/t17-/m0/s1. The number of rotatable bonds is 8. The van der Waals surface area contributed by atoms with Gasteiger partial charge in [-0.1, -0.05) is 42.5 Å². The number of nitrogens with zero attached hydrogens (tertiary/aromatic N) is 2. The molecule has 7 heteroatoms. The third-order valence-electron chi connectivity index (χ3n) is 4.23. The highest BCUT2D eigenvalue weighted by Crippen LogP contribution is 2.22. The molecule has 0 bridgehead atoms. The molecule has 0 aliphatic carbocycles. The second-order valence-electron chi connectivity index (χ2n) is 6.12. The molecule has 0 unspecified atom stereocenters. The van der Waals surface area contributed by atoms with Gasteiger partial charge in [-0.15, -0.1) is 0 Å². The second kappa shape index (κ2) is 9.12. The van der Waals surface area contributed by atoms with Crippen LogP contribution < -0.4 is 0 Å². The number of sulfonamides is 1. The van der Waals surface area contributed by atoms with Gasteiger partial charge >= 0.3 is 0 Å². The Morgan fingerprint density at radius 1 is 1.36 bits per heavy atom. The van der Waals surface area contributed by atoms with Crippen LogP contribution in [0.3, 0.4) is 0 Å². The Morgan fingerprint density at radius 3 is 2.72 bits per heavy atom. The molecule has 0 aromatic heterocycles. The zero-order chi connectivity index (χ0) is 18.3. The van der Waals surface area contributed by atoms with E-state index in [2.05, 4.69) is 0 Å². The highest BCUT2D eigenvalue weighted by Gasteiger charge is 2.38. The largest absolute Gasteiger partial charge is 0.383 e. The van der Waals surface area contributed by atoms with E-state index in [-0.39, 0.29) is 5.91 Å². The van der Waals surface area contributed by atoms with Gasteiger partial charge in [-0.2, -0.15) is 4.31 Å². The fourth-order valence-electron chi connectivity index (χ4n) is 2.97. The van der Waals surface area contributed by atoms with E-state index < -0.39 is 16.1 Å². The summed E-state index contributed by atoms with van der Waals surface area (Å²) < 4.78 is 30.2. The molecule has 2 rings (SSSR count). The SMILES string of the molecule is COCCN(C/C=C/c1ccccc1)C(=O)[C@@H]1CCCN1S(C)(=O)=O. The Morgan fingerprint density at radius 2 is 2.08 bits per heavy atom. The van der Waals surface area contributed by atoms with E-state index in [9.17, 15) is 13.2 Å². The van der Waals surface area contributed by atoms with Crippen LogP contribution >= 0.6 is 0 Å². The zero-order valence-corrected chi connectivity index (χ0v) is 15.6. The second-order valence-corrected chi connectivity index (χ2v) is 8.06. The van der Waals surface area contributed by atoms with Gasteiger partial charge in [0.2, 0.25) is 15.9 Å². The summed E-state index contributed by atoms with van der Waals surface area (Å²) in [7, 11) is -1.79. The molecule has 138 valence electrons. The van der Waals surface area contributed by atoms with E-state index in [1.165, 1.54) is 4.31 Å². The van der Waals surface area contributed by atoms with Crippen LogP contribution in [0.25, 0.3) is 6.08 Å². The lowest BCUT2D eigenvalue weighted by molar-refractivity contribution is -0.134. The minimum Gasteiger partial charge on any atom is -0.383 e. The predicted molar refractivity (Wildman–Crippen MR) is 98.5 cm³/mol. The smallest absolute Gasteiger partial charge is 0.241 e. The van der Waals surface area contributed by atoms with Crippen LogP contribution in [-0.4, -0.2) is 69.2 Å². The number of carbonyl (C=O) groups excluding carboxylic acids is 1. The highest BCUT2D eigenvalue weighted by atomic mass is 32.2. The van der Waals surface area contributed by atoms with Crippen LogP contribution in [0, 0.1) is 0 Å². The number of hydrogen-bond acceptors (Lipinski definition) is 4. The monoisotopic (exact) mass is 366 g/mol. The number of ether oxygens (including phenoxy) is 1. The topological polar surface area (TPSA) is 66.9 Å². The van der Waals surface area contributed by atoms with E-state index in [0.29, 0.717) is 39.1 Å². The zero-order valence-electron chi connectivity index (χ0n) is 14.8. The summed E-state index contributed by atoms with van der Waals surface area (Å²) in [5.41, 5.74) is 1.06. The fourth-order valence-corrected chi connectivity index (χ4v) is 4.09. The molecule has 1 aromatic rings. The maximum Gasteiger partial charge on any atom is 0.241 e. The Hall–Kier alpha value is -1.70. The summed E-state index contributed by atoms with van der Waals surface area (Å²) in [5.74, 6) is -0.155. The van der Waals surface area contributed by atoms with Crippen molar-refractivity contribution in [3.63, 3.8) is 0 Å². The molecule has 1 aliphatic rings. The fraction of sp³-hybridized carbons (Fsp3) is 0.500. The molecule has 1 amide bonds. The summed E-state index contributed by atoms with van der Waals surface area (Å²) in [6.45, 7) is 1.68. The van der Waals surface area contributed by atoms with Crippen LogP contribution in [-0.2, 0) is 19.6 Å². The molecular formula is C18H26N2O4S. The van der Waals surface area contributed by atoms with Gasteiger partial charge < -0.3 is 9.64 Å². The van der Waals surface area contributed by atoms with Gasteiger partial charge in [-0.3, -0.25) is 4.79 Å². The summed E-state index contributed by atoms with van der Waals surface area (Å²) in [6, 6.07) is 9.23. The van der Waals surface area contributed by atoms with Gasteiger partial charge in [0.25, 0.3) is 0 Å². The Labute approximate surface area is 150 Å². The minimum atomic E-state index is -3.38. The molecule has 0 spiro atoms. The predicted octanol–water partition coefficient (Wildman–Crippen LogP) is 1.60. The van der Waals surface area contributed by atoms with Gasteiger partial charge in [0.05, 0.1) is 12.9 Å². The average molecular weight is 366 g/mol. The van der Waals surface area contributed by atoms with Crippen molar-refractivity contribution in [3.8, 4) is 0 Å². The van der Waals surface area contributed by atoms with Gasteiger partial charge in [0.1, 0.15) is 6.04 Å². The molecule has 0 radical (unpaired) electrons. The molecule has 1 saturated heterocycles. The quantitative estimate of drug-likeness (QED) is 0.701. The number of amides is 1. The molecule has 0 N–H and O–H groups in total. The Bertz CT molecular complexity index is 688. The number of methoxy groups -OCH3 is 1. The van der Waals surface area contributed by atoms with E-state index in [0.717, 1.165) is 11.8 Å². The van der Waals surface area contributed by atoms with Crippen LogP contribution in [0.2, 0.25) is 0 Å². The van der Waals surface area contributed by atoms with Crippen molar-refractivity contribution in [2.24, 2.45) is 0 Å². The third-order valence-corrected chi connectivity index (χ3v) is 5.52. The van der Waals surface area contributed by atoms with Gasteiger partial charge in [0.15, 0.2) is 0 Å². The van der Waals surface area contributed by atoms with Crippen LogP contribution in [0.4, 0.5) is 0 Å². The molecule has 1 heterocycles. The van der Waals surface area contributed by atoms with Crippen molar-refractivity contribution in [2.75, 3.05) is 39.6 Å². The molecule has 6 nitrogen and oxygen atoms in total. The lowest BCUT2D eigenvalue weighted by Gasteiger charge is -2.28. The van der Waals surface area contributed by atoms with Crippen molar-refractivity contribution in [3.05, 3.63) is 42.0 Å². The van der Waals surface area contributed by atoms with Crippen molar-refractivity contribution in [2.45, 2.75) is 18.9 Å². The highest BCUT2D eigenvalue weighted by molar-refractivity contribution is 7.88. The number of carbonyl (C=O) groups is 1. The van der Waals surface area contributed by atoms with Crippen molar-refractivity contribution >= 4 is 22.0 Å². The Kier molecular flexibility index (Phi) is 7.16. The maximum absolute atomic E-state index is 12.9. The lowest BCUT2D eigenvalue weighted by Crippen LogP contribution is -2.48. The molecule has 1 fully saturated rings. The third kappa shape index (κ3) is 5.66. The van der Waals surface area contributed by atoms with Crippen molar-refractivity contribution in [1.82, 2.24) is 9.21 Å². The Balaban J connectivity index is 2.07. The summed E-state index contributed by atoms with van der Waals surface area (Å²) in [6.07, 6.45) is 6.31. The molecule has 1 aliphatic heterocycles. The van der Waals surface area contributed by atoms with Gasteiger partial charge in [-0.25, -0.2) is 8.42 Å². The van der Waals surface area contributed by atoms with E-state index in [1.54, 1.807) is 12.0 Å². The molecule has 0 saturated carbocycles. The van der Waals surface area contributed by atoms with Crippen LogP contribution in [0.5, 0.6) is 0 Å². The maximum atomic E-state index is 12.9. The molecular weight excluding hydrogens is 340 g/mol. The summed E-state index contributed by atoms with van der Waals surface area (Å²) in [5, 5.41) is 0. The summed E-state index contributed by atoms with van der Waals surface area (Å²) >= 11 is 0. The summed E-state index contributed by atoms with van der Waals surface area (Å²) in [4.78, 5) is 14.5. The first-order chi connectivity index (χ1) is 11.9. The molecule has 25 heavy (non-hydrogen) atoms. The van der Waals surface area contributed by atoms with Gasteiger partial charge in [-0.05, 0) is 18.4 Å². The molecule has 1 aromatic carbocycles. The first-order valence-electron chi connectivity index (χ1n) is 8.39. The van der Waals surface area contributed by atoms with Gasteiger partial charge in [0, 0.05) is 26.7 Å². The van der Waals surface area contributed by atoms with Crippen molar-refractivity contribution < 1.29 is 17.9 Å². The number of hydrogen-bond donors (Lipinski definition) is 0. The first kappa shape index (κ1) is 19.6. The van der Waals surface area contributed by atoms with E-state index in [1.807, 2.05) is 42.5 Å². The molecule has 1 atom stereocenters. The van der Waals surface area contributed by atoms with Crippen molar-refractivity contribution in [1.29, 1.82) is 0 Å². The number of benzene rings is 1. The van der Waals surface area contributed by atoms with E-state index in [4.69, 9.17) is 4.74 Å². The van der Waals surface area contributed by atoms with Crippen LogP contribution in [0.15, 0.2) is 36.4 Å². The first-order valence-corrected chi connectivity index (χ1v) is 10.2.